The van der Waals surface area contributed by atoms with Gasteiger partial charge in [0.15, 0.2) is 11.5 Å². The molecule has 0 radical (unpaired) electrons. The lowest BCUT2D eigenvalue weighted by atomic mass is 9.79. The van der Waals surface area contributed by atoms with Crippen LogP contribution in [0.3, 0.4) is 0 Å². The lowest BCUT2D eigenvalue weighted by Crippen LogP contribution is -2.27. The third-order valence-corrected chi connectivity index (χ3v) is 4.83. The maximum atomic E-state index is 5.76. The molecule has 1 aromatic carbocycles. The van der Waals surface area contributed by atoms with E-state index in [1.807, 2.05) is 6.07 Å². The third kappa shape index (κ3) is 3.63. The van der Waals surface area contributed by atoms with E-state index >= 15 is 0 Å². The quantitative estimate of drug-likeness (QED) is 0.890. The van der Waals surface area contributed by atoms with Gasteiger partial charge in [-0.15, -0.1) is 0 Å². The van der Waals surface area contributed by atoms with Gasteiger partial charge in [0.2, 0.25) is 0 Å². The van der Waals surface area contributed by atoms with Crippen molar-refractivity contribution in [1.29, 1.82) is 0 Å². The van der Waals surface area contributed by atoms with Crippen LogP contribution in [0.25, 0.3) is 0 Å². The predicted octanol–water partition coefficient (Wildman–Crippen LogP) is 4.47. The topological polar surface area (TPSA) is 30.5 Å². The molecule has 1 saturated carbocycles. The Balaban J connectivity index is 1.60. The summed E-state index contributed by atoms with van der Waals surface area (Å²) < 4.78 is 11.4. The summed E-state index contributed by atoms with van der Waals surface area (Å²) in [5, 5.41) is 3.68. The fraction of sp³-hybridized carbons (Fsp3) is 0.667. The highest BCUT2D eigenvalue weighted by molar-refractivity contribution is 5.55. The van der Waals surface area contributed by atoms with Gasteiger partial charge < -0.3 is 14.8 Å². The largest absolute Gasteiger partial charge is 0.490 e. The van der Waals surface area contributed by atoms with Crippen molar-refractivity contribution >= 4 is 5.69 Å². The first kappa shape index (κ1) is 14.6. The van der Waals surface area contributed by atoms with Crippen LogP contribution in [0.1, 0.15) is 46.0 Å². The molecule has 0 aromatic heterocycles. The van der Waals surface area contributed by atoms with E-state index in [-0.39, 0.29) is 0 Å². The molecular formula is C18H27NO2. The molecule has 116 valence electrons. The van der Waals surface area contributed by atoms with Crippen LogP contribution in [0, 0.1) is 11.8 Å². The summed E-state index contributed by atoms with van der Waals surface area (Å²) in [6.07, 6.45) is 6.20. The zero-order valence-electron chi connectivity index (χ0n) is 13.2. The molecule has 1 heterocycles. The lowest BCUT2D eigenvalue weighted by Gasteiger charge is -2.32. The molecule has 1 aromatic rings. The summed E-state index contributed by atoms with van der Waals surface area (Å²) in [6, 6.07) is 6.84. The lowest BCUT2D eigenvalue weighted by molar-refractivity contribution is 0.267. The molecule has 0 bridgehead atoms. The second-order valence-electron chi connectivity index (χ2n) is 6.71. The van der Waals surface area contributed by atoms with Gasteiger partial charge >= 0.3 is 0 Å². The van der Waals surface area contributed by atoms with Crippen molar-refractivity contribution < 1.29 is 9.47 Å². The Morgan fingerprint density at radius 1 is 1.00 bits per heavy atom. The maximum Gasteiger partial charge on any atom is 0.163 e. The fourth-order valence-corrected chi connectivity index (χ4v) is 3.42. The van der Waals surface area contributed by atoms with Crippen molar-refractivity contribution in [3.05, 3.63) is 18.2 Å². The highest BCUT2D eigenvalue weighted by atomic mass is 16.5. The zero-order valence-corrected chi connectivity index (χ0v) is 13.2. The van der Waals surface area contributed by atoms with E-state index in [1.54, 1.807) is 0 Å². The molecule has 0 unspecified atom stereocenters. The van der Waals surface area contributed by atoms with E-state index in [9.17, 15) is 0 Å². The second-order valence-corrected chi connectivity index (χ2v) is 6.71. The zero-order chi connectivity index (χ0) is 14.7. The van der Waals surface area contributed by atoms with Crippen molar-refractivity contribution in [2.24, 2.45) is 11.8 Å². The first-order valence-corrected chi connectivity index (χ1v) is 8.38. The molecule has 3 rings (SSSR count). The molecule has 0 atom stereocenters. The van der Waals surface area contributed by atoms with Crippen LogP contribution < -0.4 is 14.8 Å². The third-order valence-electron chi connectivity index (χ3n) is 4.83. The highest BCUT2D eigenvalue weighted by Crippen LogP contribution is 2.35. The molecule has 1 aliphatic carbocycles. The molecule has 0 spiro atoms. The summed E-state index contributed by atoms with van der Waals surface area (Å²) >= 11 is 0. The van der Waals surface area contributed by atoms with E-state index in [4.69, 9.17) is 9.47 Å². The van der Waals surface area contributed by atoms with Crippen molar-refractivity contribution in [3.8, 4) is 11.5 Å². The minimum absolute atomic E-state index is 0.602. The molecule has 1 N–H and O–H groups in total. The average Bonchev–Trinajstić information content (AvgIpc) is 2.72. The average molecular weight is 289 g/mol. The summed E-state index contributed by atoms with van der Waals surface area (Å²) in [4.78, 5) is 0. The fourth-order valence-electron chi connectivity index (χ4n) is 3.42. The summed E-state index contributed by atoms with van der Waals surface area (Å²) in [6.45, 7) is 6.19. The molecule has 3 nitrogen and oxygen atoms in total. The van der Waals surface area contributed by atoms with Crippen molar-refractivity contribution in [1.82, 2.24) is 0 Å². The molecule has 0 amide bonds. The van der Waals surface area contributed by atoms with Gasteiger partial charge in [-0.05, 0) is 49.7 Å². The van der Waals surface area contributed by atoms with Crippen LogP contribution >= 0.6 is 0 Å². The normalized spacial score (nSPS) is 25.5. The Morgan fingerprint density at radius 2 is 1.71 bits per heavy atom. The first-order valence-electron chi connectivity index (χ1n) is 8.38. The highest BCUT2D eigenvalue weighted by Gasteiger charge is 2.23. The van der Waals surface area contributed by atoms with E-state index < -0.39 is 0 Å². The Labute approximate surface area is 128 Å². The summed E-state index contributed by atoms with van der Waals surface area (Å²) in [5.74, 6) is 3.49. The number of hydrogen-bond acceptors (Lipinski definition) is 3. The number of benzene rings is 1. The first-order chi connectivity index (χ1) is 10.2. The van der Waals surface area contributed by atoms with Gasteiger partial charge in [-0.2, -0.15) is 0 Å². The van der Waals surface area contributed by atoms with Gasteiger partial charge in [-0.25, -0.2) is 0 Å². The van der Waals surface area contributed by atoms with Crippen LogP contribution in [-0.4, -0.2) is 19.3 Å². The van der Waals surface area contributed by atoms with Gasteiger partial charge in [0.25, 0.3) is 0 Å². The number of anilines is 1. The van der Waals surface area contributed by atoms with Crippen molar-refractivity contribution in [3.63, 3.8) is 0 Å². The predicted molar refractivity (Wildman–Crippen MR) is 86.3 cm³/mol. The number of nitrogens with one attached hydrogen (secondary N) is 1. The molecule has 3 heteroatoms. The smallest absolute Gasteiger partial charge is 0.163 e. The Bertz CT molecular complexity index is 464. The summed E-state index contributed by atoms with van der Waals surface area (Å²) in [7, 11) is 0. The van der Waals surface area contributed by atoms with Crippen LogP contribution in [-0.2, 0) is 0 Å². The number of rotatable bonds is 3. The molecule has 1 fully saturated rings. The van der Waals surface area contributed by atoms with Gasteiger partial charge in [0.1, 0.15) is 0 Å². The van der Waals surface area contributed by atoms with Crippen molar-refractivity contribution in [2.45, 2.75) is 52.0 Å². The van der Waals surface area contributed by atoms with Crippen LogP contribution in [0.4, 0.5) is 5.69 Å². The van der Waals surface area contributed by atoms with Crippen LogP contribution in [0.5, 0.6) is 11.5 Å². The summed E-state index contributed by atoms with van der Waals surface area (Å²) in [5.41, 5.74) is 1.16. The Hall–Kier alpha value is -1.38. The van der Waals surface area contributed by atoms with Gasteiger partial charge in [0.05, 0.1) is 13.2 Å². The number of ether oxygens (including phenoxy) is 2. The number of hydrogen-bond donors (Lipinski definition) is 1. The van der Waals surface area contributed by atoms with Gasteiger partial charge in [-0.3, -0.25) is 0 Å². The standard InChI is InChI=1S/C18H27NO2/c1-13(2)14-4-6-15(7-5-14)19-16-8-9-17-18(12-16)21-11-3-10-20-17/h8-9,12-15,19H,3-7,10-11H2,1-2H3. The minimum atomic E-state index is 0.602. The Morgan fingerprint density at radius 3 is 2.43 bits per heavy atom. The SMILES string of the molecule is CC(C)C1CCC(Nc2ccc3c(c2)OCCCO3)CC1. The molecular weight excluding hydrogens is 262 g/mol. The van der Waals surface area contributed by atoms with Crippen LogP contribution in [0.15, 0.2) is 18.2 Å². The van der Waals surface area contributed by atoms with E-state index in [2.05, 4.69) is 31.3 Å². The maximum absolute atomic E-state index is 5.76. The molecule has 2 aliphatic rings. The van der Waals surface area contributed by atoms with Gasteiger partial charge in [-0.1, -0.05) is 13.8 Å². The second kappa shape index (κ2) is 6.59. The van der Waals surface area contributed by atoms with E-state index in [0.29, 0.717) is 6.04 Å². The van der Waals surface area contributed by atoms with E-state index in [1.165, 1.54) is 25.7 Å². The van der Waals surface area contributed by atoms with E-state index in [0.717, 1.165) is 48.7 Å². The minimum Gasteiger partial charge on any atom is -0.490 e. The molecule has 1 aliphatic heterocycles. The van der Waals surface area contributed by atoms with Crippen molar-refractivity contribution in [2.75, 3.05) is 18.5 Å². The van der Waals surface area contributed by atoms with Crippen LogP contribution in [0.2, 0.25) is 0 Å². The molecule has 0 saturated heterocycles. The number of fused-ring (bicyclic) bond motifs is 1. The molecule has 21 heavy (non-hydrogen) atoms. The Kier molecular flexibility index (Phi) is 4.57. The monoisotopic (exact) mass is 289 g/mol. The van der Waals surface area contributed by atoms with Gasteiger partial charge in [0, 0.05) is 24.2 Å².